The summed E-state index contributed by atoms with van der Waals surface area (Å²) in [7, 11) is -3.08. The monoisotopic (exact) mass is 326 g/mol. The van der Waals surface area contributed by atoms with Crippen molar-refractivity contribution in [3.05, 3.63) is 28.5 Å². The molecule has 1 amide bonds. The Hall–Kier alpha value is -1.35. The lowest BCUT2D eigenvalue weighted by atomic mass is 10.3. The summed E-state index contributed by atoms with van der Waals surface area (Å²) in [6, 6.07) is 3.35. The molecule has 0 atom stereocenters. The van der Waals surface area contributed by atoms with Crippen molar-refractivity contribution in [1.29, 1.82) is 0 Å². The molecule has 0 aliphatic carbocycles. The predicted octanol–water partition coefficient (Wildman–Crippen LogP) is 1.60. The van der Waals surface area contributed by atoms with Gasteiger partial charge in [0.25, 0.3) is 0 Å². The van der Waals surface area contributed by atoms with Crippen LogP contribution in [0.15, 0.2) is 22.7 Å². The molecule has 0 saturated carbocycles. The fourth-order valence-electron chi connectivity index (χ4n) is 0.894. The van der Waals surface area contributed by atoms with E-state index >= 15 is 0 Å². The van der Waals surface area contributed by atoms with Crippen LogP contribution in [0.25, 0.3) is 0 Å². The SMILES string of the molecule is COC(=O)NS(=O)(=O)Nc1ccc(F)cc1Br. The van der Waals surface area contributed by atoms with Gasteiger partial charge < -0.3 is 4.74 Å². The van der Waals surface area contributed by atoms with Gasteiger partial charge in [0.15, 0.2) is 0 Å². The first-order chi connectivity index (χ1) is 7.84. The van der Waals surface area contributed by atoms with Crippen LogP contribution in [-0.2, 0) is 14.9 Å². The molecule has 0 unspecified atom stereocenters. The number of anilines is 1. The topological polar surface area (TPSA) is 84.5 Å². The number of carbonyl (C=O) groups excluding carboxylic acids is 1. The normalized spacial score (nSPS) is 10.8. The van der Waals surface area contributed by atoms with Crippen LogP contribution in [-0.4, -0.2) is 21.6 Å². The van der Waals surface area contributed by atoms with Gasteiger partial charge in [-0.2, -0.15) is 8.42 Å². The fraction of sp³-hybridized carbons (Fsp3) is 0.125. The lowest BCUT2D eigenvalue weighted by Crippen LogP contribution is -2.35. The van der Waals surface area contributed by atoms with Crippen molar-refractivity contribution in [2.45, 2.75) is 0 Å². The summed E-state index contributed by atoms with van der Waals surface area (Å²) in [5.74, 6) is -0.527. The lowest BCUT2D eigenvalue weighted by Gasteiger charge is -2.09. The molecule has 9 heteroatoms. The maximum Gasteiger partial charge on any atom is 0.422 e. The molecule has 1 rings (SSSR count). The standard InChI is InChI=1S/C8H8BrFN2O4S/c1-16-8(13)12-17(14,15)11-7-3-2-5(10)4-6(7)9/h2-4,11H,1H3,(H,12,13). The summed E-state index contributed by atoms with van der Waals surface area (Å²) in [5, 5.41) is 0. The third-order valence-corrected chi connectivity index (χ3v) is 3.16. The molecule has 1 aromatic rings. The van der Waals surface area contributed by atoms with Crippen molar-refractivity contribution >= 4 is 37.9 Å². The van der Waals surface area contributed by atoms with E-state index in [1.165, 1.54) is 6.07 Å². The van der Waals surface area contributed by atoms with E-state index in [1.54, 1.807) is 4.72 Å². The van der Waals surface area contributed by atoms with E-state index in [2.05, 4.69) is 20.7 Å². The molecule has 6 nitrogen and oxygen atoms in total. The first-order valence-electron chi connectivity index (χ1n) is 4.17. The molecule has 2 N–H and O–H groups in total. The van der Waals surface area contributed by atoms with Gasteiger partial charge in [0.1, 0.15) is 5.82 Å². The maximum absolute atomic E-state index is 12.7. The molecule has 17 heavy (non-hydrogen) atoms. The van der Waals surface area contributed by atoms with Gasteiger partial charge in [0.2, 0.25) is 0 Å². The van der Waals surface area contributed by atoms with Gasteiger partial charge in [-0.05, 0) is 34.1 Å². The molecule has 94 valence electrons. The van der Waals surface area contributed by atoms with Gasteiger partial charge in [0, 0.05) is 4.47 Å². The predicted molar refractivity (Wildman–Crippen MR) is 62.2 cm³/mol. The van der Waals surface area contributed by atoms with Crippen LogP contribution in [0.4, 0.5) is 14.9 Å². The summed E-state index contributed by atoms with van der Waals surface area (Å²) in [6.45, 7) is 0. The number of carbonyl (C=O) groups is 1. The van der Waals surface area contributed by atoms with Crippen LogP contribution in [0.2, 0.25) is 0 Å². The Bertz CT molecular complexity index is 534. The Balaban J connectivity index is 2.87. The summed E-state index contributed by atoms with van der Waals surface area (Å²) in [4.78, 5) is 10.7. The van der Waals surface area contributed by atoms with Gasteiger partial charge in [-0.3, -0.25) is 4.72 Å². The molecular weight excluding hydrogens is 319 g/mol. The quantitative estimate of drug-likeness (QED) is 0.883. The Morgan fingerprint density at radius 2 is 2.12 bits per heavy atom. The van der Waals surface area contributed by atoms with E-state index < -0.39 is 22.1 Å². The van der Waals surface area contributed by atoms with Crippen molar-refractivity contribution in [2.24, 2.45) is 0 Å². The van der Waals surface area contributed by atoms with E-state index in [1.807, 2.05) is 4.72 Å². The number of halogens is 2. The highest BCUT2D eigenvalue weighted by Gasteiger charge is 2.15. The van der Waals surface area contributed by atoms with Crippen LogP contribution >= 0.6 is 15.9 Å². The van der Waals surface area contributed by atoms with Gasteiger partial charge in [-0.25, -0.2) is 13.9 Å². The van der Waals surface area contributed by atoms with Crippen molar-refractivity contribution in [3.63, 3.8) is 0 Å². The fourth-order valence-corrected chi connectivity index (χ4v) is 2.30. The second-order valence-corrected chi connectivity index (χ2v) is 5.09. The van der Waals surface area contributed by atoms with E-state index in [9.17, 15) is 17.6 Å². The molecule has 0 fully saturated rings. The number of hydrogen-bond acceptors (Lipinski definition) is 4. The van der Waals surface area contributed by atoms with Crippen molar-refractivity contribution in [1.82, 2.24) is 4.72 Å². The molecule has 0 radical (unpaired) electrons. The molecule has 0 aliphatic rings. The number of ether oxygens (including phenoxy) is 1. The summed E-state index contributed by atoms with van der Waals surface area (Å²) in [6.07, 6.45) is -1.13. The molecular formula is C8H8BrFN2O4S. The van der Waals surface area contributed by atoms with E-state index in [0.717, 1.165) is 19.2 Å². The highest BCUT2D eigenvalue weighted by atomic mass is 79.9. The van der Waals surface area contributed by atoms with Crippen LogP contribution in [0.1, 0.15) is 0 Å². The Morgan fingerprint density at radius 1 is 1.47 bits per heavy atom. The van der Waals surface area contributed by atoms with Crippen LogP contribution in [0.5, 0.6) is 0 Å². The third-order valence-electron chi connectivity index (χ3n) is 1.58. The number of methoxy groups -OCH3 is 1. The minimum absolute atomic E-state index is 0.0859. The maximum atomic E-state index is 12.7. The number of benzene rings is 1. The first-order valence-corrected chi connectivity index (χ1v) is 6.45. The summed E-state index contributed by atoms with van der Waals surface area (Å²) >= 11 is 2.97. The highest BCUT2D eigenvalue weighted by molar-refractivity contribution is 9.10. The molecule has 0 heterocycles. The molecule has 0 aromatic heterocycles. The van der Waals surface area contributed by atoms with Crippen molar-refractivity contribution in [2.75, 3.05) is 11.8 Å². The average molecular weight is 327 g/mol. The second-order valence-electron chi connectivity index (χ2n) is 2.82. The van der Waals surface area contributed by atoms with Crippen LogP contribution in [0.3, 0.4) is 0 Å². The summed E-state index contributed by atoms with van der Waals surface area (Å²) < 4.78 is 43.4. The van der Waals surface area contributed by atoms with Crippen molar-refractivity contribution < 1.29 is 22.3 Å². The zero-order valence-corrected chi connectivity index (χ0v) is 10.9. The van der Waals surface area contributed by atoms with E-state index in [4.69, 9.17) is 0 Å². The number of hydrogen-bond donors (Lipinski definition) is 2. The van der Waals surface area contributed by atoms with Crippen LogP contribution in [0, 0.1) is 5.82 Å². The Kier molecular flexibility index (Phi) is 4.29. The van der Waals surface area contributed by atoms with Gasteiger partial charge in [-0.1, -0.05) is 0 Å². The number of amides is 1. The molecule has 0 aliphatic heterocycles. The van der Waals surface area contributed by atoms with Crippen molar-refractivity contribution in [3.8, 4) is 0 Å². The lowest BCUT2D eigenvalue weighted by molar-refractivity contribution is 0.177. The first kappa shape index (κ1) is 13.7. The highest BCUT2D eigenvalue weighted by Crippen LogP contribution is 2.23. The smallest absolute Gasteiger partial charge is 0.422 e. The minimum Gasteiger partial charge on any atom is -0.452 e. The molecule has 1 aromatic carbocycles. The zero-order chi connectivity index (χ0) is 13.1. The van der Waals surface area contributed by atoms with Gasteiger partial charge in [0.05, 0.1) is 12.8 Å². The van der Waals surface area contributed by atoms with Crippen LogP contribution < -0.4 is 9.44 Å². The number of nitrogens with one attached hydrogen (secondary N) is 2. The van der Waals surface area contributed by atoms with Gasteiger partial charge >= 0.3 is 16.3 Å². The van der Waals surface area contributed by atoms with E-state index in [0.29, 0.717) is 0 Å². The number of rotatable bonds is 3. The second kappa shape index (κ2) is 5.32. The largest absolute Gasteiger partial charge is 0.452 e. The Morgan fingerprint density at radius 3 is 2.65 bits per heavy atom. The third kappa shape index (κ3) is 4.19. The molecule has 0 spiro atoms. The Labute approximate surface area is 105 Å². The van der Waals surface area contributed by atoms with Gasteiger partial charge in [-0.15, -0.1) is 0 Å². The molecule has 0 saturated heterocycles. The average Bonchev–Trinajstić information content (AvgIpc) is 2.21. The molecule has 0 bridgehead atoms. The zero-order valence-electron chi connectivity index (χ0n) is 8.53. The summed E-state index contributed by atoms with van der Waals surface area (Å²) in [5.41, 5.74) is 0.0859. The minimum atomic E-state index is -4.11. The van der Waals surface area contributed by atoms with E-state index in [-0.39, 0.29) is 10.2 Å².